The van der Waals surface area contributed by atoms with Gasteiger partial charge in [-0.3, -0.25) is 9.59 Å². The van der Waals surface area contributed by atoms with Gasteiger partial charge in [0, 0.05) is 38.8 Å². The van der Waals surface area contributed by atoms with Gasteiger partial charge in [0.25, 0.3) is 5.56 Å². The summed E-state index contributed by atoms with van der Waals surface area (Å²) in [5.74, 6) is -0.179. The third-order valence-electron chi connectivity index (χ3n) is 3.59. The van der Waals surface area contributed by atoms with Gasteiger partial charge in [-0.05, 0) is 13.3 Å². The number of hydrogen-bond donors (Lipinski definition) is 2. The van der Waals surface area contributed by atoms with E-state index in [4.69, 9.17) is 0 Å². The van der Waals surface area contributed by atoms with Crippen molar-refractivity contribution in [1.82, 2.24) is 20.4 Å². The van der Waals surface area contributed by atoms with Gasteiger partial charge in [0.1, 0.15) is 6.04 Å². The number of anilines is 1. The van der Waals surface area contributed by atoms with Crippen LogP contribution in [-0.2, 0) is 4.79 Å². The van der Waals surface area contributed by atoms with Crippen molar-refractivity contribution in [2.45, 2.75) is 26.3 Å². The average molecular weight is 293 g/mol. The molecule has 0 bridgehead atoms. The molecule has 2 rings (SSSR count). The first-order chi connectivity index (χ1) is 10.1. The molecule has 0 unspecified atom stereocenters. The van der Waals surface area contributed by atoms with E-state index in [-0.39, 0.29) is 11.5 Å². The number of aromatic nitrogens is 2. The van der Waals surface area contributed by atoms with Crippen molar-refractivity contribution in [1.29, 1.82) is 0 Å². The summed E-state index contributed by atoms with van der Waals surface area (Å²) < 4.78 is 1.23. The maximum Gasteiger partial charge on any atom is 0.269 e. The van der Waals surface area contributed by atoms with Crippen LogP contribution in [0.5, 0.6) is 0 Å². The molecule has 0 aliphatic carbocycles. The first-order valence-corrected chi connectivity index (χ1v) is 7.45. The summed E-state index contributed by atoms with van der Waals surface area (Å²) in [6, 6.07) is 0.961. The van der Waals surface area contributed by atoms with E-state index in [1.54, 1.807) is 19.2 Å². The van der Waals surface area contributed by atoms with E-state index in [9.17, 15) is 9.59 Å². The van der Waals surface area contributed by atoms with Gasteiger partial charge < -0.3 is 15.5 Å². The maximum absolute atomic E-state index is 12.2. The summed E-state index contributed by atoms with van der Waals surface area (Å²) in [6.45, 7) is 7.80. The van der Waals surface area contributed by atoms with Crippen LogP contribution in [-0.4, -0.2) is 48.4 Å². The van der Waals surface area contributed by atoms with Gasteiger partial charge in [0.15, 0.2) is 0 Å². The molecule has 1 fully saturated rings. The zero-order valence-corrected chi connectivity index (χ0v) is 12.6. The van der Waals surface area contributed by atoms with Crippen molar-refractivity contribution in [3.8, 4) is 0 Å². The molecule has 1 saturated heterocycles. The summed E-state index contributed by atoms with van der Waals surface area (Å²) in [5.41, 5.74) is 0.573. The van der Waals surface area contributed by atoms with Crippen LogP contribution in [0.1, 0.15) is 26.3 Å². The van der Waals surface area contributed by atoms with Crippen molar-refractivity contribution >= 4 is 11.6 Å². The summed E-state index contributed by atoms with van der Waals surface area (Å²) in [4.78, 5) is 26.2. The summed E-state index contributed by atoms with van der Waals surface area (Å²) in [6.07, 6.45) is 2.53. The molecule has 2 heterocycles. The van der Waals surface area contributed by atoms with Crippen molar-refractivity contribution in [2.24, 2.45) is 0 Å². The number of carbonyl (C=O) groups excluding carboxylic acids is 1. The summed E-state index contributed by atoms with van der Waals surface area (Å²) in [7, 11) is 0. The Morgan fingerprint density at radius 3 is 2.81 bits per heavy atom. The van der Waals surface area contributed by atoms with E-state index < -0.39 is 6.04 Å². The molecule has 21 heavy (non-hydrogen) atoms. The highest BCUT2D eigenvalue weighted by Gasteiger charge is 2.18. The normalized spacial score (nSPS) is 16.6. The monoisotopic (exact) mass is 293 g/mol. The Balaban J connectivity index is 2.11. The number of hydrogen-bond acceptors (Lipinski definition) is 5. The Kier molecular flexibility index (Phi) is 5.32. The highest BCUT2D eigenvalue weighted by atomic mass is 16.2. The molecule has 1 aliphatic heterocycles. The second-order valence-corrected chi connectivity index (χ2v) is 5.20. The SMILES string of the molecule is CCCNC(=O)[C@H](C)n1ncc(N2CCNCC2)cc1=O. The van der Waals surface area contributed by atoms with E-state index in [0.29, 0.717) is 6.54 Å². The molecular formula is C14H23N5O2. The van der Waals surface area contributed by atoms with Gasteiger partial charge in [-0.15, -0.1) is 0 Å². The van der Waals surface area contributed by atoms with Gasteiger partial charge in [0.2, 0.25) is 5.91 Å². The molecule has 7 heteroatoms. The molecule has 1 aromatic heterocycles. The Morgan fingerprint density at radius 1 is 1.48 bits per heavy atom. The number of amides is 1. The second-order valence-electron chi connectivity index (χ2n) is 5.20. The number of piperazine rings is 1. The lowest BCUT2D eigenvalue weighted by molar-refractivity contribution is -0.124. The topological polar surface area (TPSA) is 79.3 Å². The zero-order chi connectivity index (χ0) is 15.2. The van der Waals surface area contributed by atoms with Crippen LogP contribution in [0.3, 0.4) is 0 Å². The number of nitrogens with zero attached hydrogens (tertiary/aromatic N) is 3. The number of carbonyl (C=O) groups is 1. The molecular weight excluding hydrogens is 270 g/mol. The second kappa shape index (κ2) is 7.21. The summed E-state index contributed by atoms with van der Waals surface area (Å²) >= 11 is 0. The van der Waals surface area contributed by atoms with Crippen LogP contribution in [0, 0.1) is 0 Å². The van der Waals surface area contributed by atoms with Crippen molar-refractivity contribution in [3.05, 3.63) is 22.6 Å². The van der Waals surface area contributed by atoms with Crippen molar-refractivity contribution < 1.29 is 4.79 Å². The Morgan fingerprint density at radius 2 is 2.19 bits per heavy atom. The molecule has 1 atom stereocenters. The third kappa shape index (κ3) is 3.81. The Hall–Kier alpha value is -1.89. The van der Waals surface area contributed by atoms with E-state index in [1.165, 1.54) is 4.68 Å². The van der Waals surface area contributed by atoms with Crippen LogP contribution in [0.4, 0.5) is 5.69 Å². The van der Waals surface area contributed by atoms with Gasteiger partial charge in [-0.1, -0.05) is 6.92 Å². The average Bonchev–Trinajstić information content (AvgIpc) is 2.52. The number of nitrogens with one attached hydrogen (secondary N) is 2. The molecule has 1 aliphatic rings. The highest BCUT2D eigenvalue weighted by molar-refractivity contribution is 5.79. The molecule has 1 aromatic rings. The fourth-order valence-corrected chi connectivity index (χ4v) is 2.30. The zero-order valence-electron chi connectivity index (χ0n) is 12.6. The van der Waals surface area contributed by atoms with E-state index in [1.807, 2.05) is 6.92 Å². The maximum atomic E-state index is 12.2. The molecule has 1 amide bonds. The van der Waals surface area contributed by atoms with Crippen LogP contribution in [0.25, 0.3) is 0 Å². The van der Waals surface area contributed by atoms with Gasteiger partial charge in [-0.2, -0.15) is 5.10 Å². The van der Waals surface area contributed by atoms with Crippen LogP contribution in [0.15, 0.2) is 17.1 Å². The molecule has 116 valence electrons. The molecule has 0 spiro atoms. The minimum absolute atomic E-state index is 0.179. The van der Waals surface area contributed by atoms with Crippen LogP contribution < -0.4 is 21.1 Å². The smallest absolute Gasteiger partial charge is 0.269 e. The minimum atomic E-state index is -0.596. The van der Waals surface area contributed by atoms with E-state index in [2.05, 4.69) is 20.6 Å². The molecule has 7 nitrogen and oxygen atoms in total. The lowest BCUT2D eigenvalue weighted by atomic mass is 10.3. The van der Waals surface area contributed by atoms with Gasteiger partial charge >= 0.3 is 0 Å². The first kappa shape index (κ1) is 15.5. The molecule has 0 radical (unpaired) electrons. The predicted octanol–water partition coefficient (Wildman–Crippen LogP) is -0.260. The Bertz CT molecular complexity index is 536. The van der Waals surface area contributed by atoms with E-state index >= 15 is 0 Å². The minimum Gasteiger partial charge on any atom is -0.368 e. The van der Waals surface area contributed by atoms with Crippen LogP contribution >= 0.6 is 0 Å². The molecule has 0 aromatic carbocycles. The first-order valence-electron chi connectivity index (χ1n) is 7.45. The summed E-state index contributed by atoms with van der Waals surface area (Å²) in [5, 5.41) is 10.2. The Labute approximate surface area is 124 Å². The van der Waals surface area contributed by atoms with Gasteiger partial charge in [-0.25, -0.2) is 4.68 Å². The fourth-order valence-electron chi connectivity index (χ4n) is 2.30. The highest BCUT2D eigenvalue weighted by Crippen LogP contribution is 2.11. The van der Waals surface area contributed by atoms with E-state index in [0.717, 1.165) is 38.3 Å². The third-order valence-corrected chi connectivity index (χ3v) is 3.59. The fraction of sp³-hybridized carbons (Fsp3) is 0.643. The largest absolute Gasteiger partial charge is 0.368 e. The number of rotatable bonds is 5. The lowest BCUT2D eigenvalue weighted by Crippen LogP contribution is -2.44. The predicted molar refractivity (Wildman–Crippen MR) is 81.6 cm³/mol. The lowest BCUT2D eigenvalue weighted by Gasteiger charge is -2.29. The van der Waals surface area contributed by atoms with Crippen molar-refractivity contribution in [3.63, 3.8) is 0 Å². The molecule has 0 saturated carbocycles. The van der Waals surface area contributed by atoms with Crippen LogP contribution in [0.2, 0.25) is 0 Å². The standard InChI is InChI=1S/C14H23N5O2/c1-3-4-16-14(21)11(2)19-13(20)9-12(10-17-19)18-7-5-15-6-8-18/h9-11,15H,3-8H2,1-2H3,(H,16,21)/t11-/m0/s1. The van der Waals surface area contributed by atoms with Gasteiger partial charge in [0.05, 0.1) is 11.9 Å². The quantitative estimate of drug-likeness (QED) is 0.782. The van der Waals surface area contributed by atoms with Crippen molar-refractivity contribution in [2.75, 3.05) is 37.6 Å². The molecule has 2 N–H and O–H groups in total.